The van der Waals surface area contributed by atoms with Gasteiger partial charge in [0.25, 0.3) is 5.56 Å². The van der Waals surface area contributed by atoms with E-state index in [-0.39, 0.29) is 29.7 Å². The number of hydrazine groups is 1. The highest BCUT2D eigenvalue weighted by Gasteiger charge is 2.24. The molecule has 0 saturated heterocycles. The van der Waals surface area contributed by atoms with E-state index in [4.69, 9.17) is 39.5 Å². The van der Waals surface area contributed by atoms with Gasteiger partial charge < -0.3 is 15.8 Å². The zero-order chi connectivity index (χ0) is 30.9. The van der Waals surface area contributed by atoms with Crippen LogP contribution in [0.3, 0.4) is 0 Å². The zero-order valence-corrected chi connectivity index (χ0v) is 24.8. The van der Waals surface area contributed by atoms with E-state index in [1.54, 1.807) is 49.4 Å². The Morgan fingerprint density at radius 1 is 1.07 bits per heavy atom. The van der Waals surface area contributed by atoms with Crippen molar-refractivity contribution in [1.29, 1.82) is 0 Å². The van der Waals surface area contributed by atoms with Gasteiger partial charge in [0.1, 0.15) is 11.2 Å². The monoisotopic (exact) mass is 620 g/mol. The van der Waals surface area contributed by atoms with Crippen LogP contribution in [0.4, 0.5) is 11.4 Å². The number of nitrogens with two attached hydrogens (primary N) is 2. The Kier molecular flexibility index (Phi) is 10.6. The smallest absolute Gasteiger partial charge is 0.310 e. The predicted octanol–water partition coefficient (Wildman–Crippen LogP) is 4.77. The van der Waals surface area contributed by atoms with Crippen LogP contribution < -0.4 is 27.5 Å². The van der Waals surface area contributed by atoms with Crippen molar-refractivity contribution in [3.05, 3.63) is 123 Å². The van der Waals surface area contributed by atoms with Crippen molar-refractivity contribution in [3.63, 3.8) is 0 Å². The molecule has 222 valence electrons. The minimum absolute atomic E-state index is 0.0461. The number of carbonyl (C=O) groups is 2. The first-order valence-electron chi connectivity index (χ1n) is 13.3. The molecule has 0 bridgehead atoms. The van der Waals surface area contributed by atoms with Gasteiger partial charge in [-0.2, -0.15) is 0 Å². The van der Waals surface area contributed by atoms with Gasteiger partial charge in [-0.3, -0.25) is 24.0 Å². The van der Waals surface area contributed by atoms with E-state index in [9.17, 15) is 14.4 Å². The third-order valence-electron chi connectivity index (χ3n) is 6.40. The molecule has 5 N–H and O–H groups in total. The highest BCUT2D eigenvalue weighted by molar-refractivity contribution is 6.31. The summed E-state index contributed by atoms with van der Waals surface area (Å²) in [5, 5.41) is 4.43. The lowest BCUT2D eigenvalue weighted by molar-refractivity contribution is -0.142. The van der Waals surface area contributed by atoms with Crippen LogP contribution in [0.2, 0.25) is 5.02 Å². The summed E-state index contributed by atoms with van der Waals surface area (Å²) in [5.74, 6) is 5.36. The first-order chi connectivity index (χ1) is 20.6. The average Bonchev–Trinajstić information content (AvgIpc) is 2.97. The molecule has 0 spiro atoms. The van der Waals surface area contributed by atoms with E-state index in [2.05, 4.69) is 10.3 Å². The third kappa shape index (κ3) is 8.45. The number of benzene rings is 3. The Hall–Kier alpha value is -4.64. The number of amides is 1. The second-order valence-electron chi connectivity index (χ2n) is 9.48. The maximum absolute atomic E-state index is 13.6. The molecule has 10 nitrogen and oxygen atoms in total. The minimum atomic E-state index is -0.931. The van der Waals surface area contributed by atoms with Gasteiger partial charge >= 0.3 is 5.97 Å². The standard InChI is InChI=1S/C31H30Cl2N6O4/c1-2-43-30(41)15-21-8-11-23(12-9-21)37-31(42)27(14-20-6-4-3-5-7-20)38-19-36-25(17-29(38)40)24-16-22(32)10-13-26(24)39(35)18-28(33)34/h3-13,16-19,27H,2,14-15,34-35H2,1H3,(H,37,42)/b28-18-. The molecule has 1 aromatic heterocycles. The zero-order valence-electron chi connectivity index (χ0n) is 23.2. The van der Waals surface area contributed by atoms with Gasteiger partial charge in [-0.05, 0) is 48.4 Å². The largest absolute Gasteiger partial charge is 0.466 e. The summed E-state index contributed by atoms with van der Waals surface area (Å²) >= 11 is 12.0. The molecular formula is C31H30Cl2N6O4. The van der Waals surface area contributed by atoms with Gasteiger partial charge in [-0.1, -0.05) is 65.7 Å². The molecular weight excluding hydrogens is 591 g/mol. The van der Waals surface area contributed by atoms with Crippen molar-refractivity contribution >= 4 is 46.5 Å². The van der Waals surface area contributed by atoms with Gasteiger partial charge in [0.15, 0.2) is 0 Å². The van der Waals surface area contributed by atoms with E-state index in [0.717, 1.165) is 11.1 Å². The Labute approximate surface area is 258 Å². The van der Waals surface area contributed by atoms with E-state index < -0.39 is 17.5 Å². The fourth-order valence-corrected chi connectivity index (χ4v) is 4.67. The molecule has 4 rings (SSSR count). The normalized spacial score (nSPS) is 12.0. The SMILES string of the molecule is CCOC(=O)Cc1ccc(NC(=O)C(Cc2ccccc2)n2cnc(-c3cc(Cl)ccc3N(N)/C=C(\N)Cl)cc2=O)cc1. The second-order valence-corrected chi connectivity index (χ2v) is 10.3. The van der Waals surface area contributed by atoms with E-state index >= 15 is 0 Å². The van der Waals surface area contributed by atoms with Crippen LogP contribution in [-0.4, -0.2) is 28.0 Å². The number of halogens is 2. The van der Waals surface area contributed by atoms with Crippen LogP contribution in [0.1, 0.15) is 24.1 Å². The van der Waals surface area contributed by atoms with Gasteiger partial charge in [-0.15, -0.1) is 0 Å². The Bertz CT molecular complexity index is 1670. The summed E-state index contributed by atoms with van der Waals surface area (Å²) in [7, 11) is 0. The van der Waals surface area contributed by atoms with Crippen LogP contribution in [0.5, 0.6) is 0 Å². The summed E-state index contributed by atoms with van der Waals surface area (Å²) in [6, 6.07) is 21.5. The summed E-state index contributed by atoms with van der Waals surface area (Å²) in [6.07, 6.45) is 2.98. The van der Waals surface area contributed by atoms with Crippen LogP contribution >= 0.6 is 23.2 Å². The molecule has 1 heterocycles. The lowest BCUT2D eigenvalue weighted by Gasteiger charge is -2.21. The van der Waals surface area contributed by atoms with Crippen molar-refractivity contribution in [2.24, 2.45) is 11.6 Å². The van der Waals surface area contributed by atoms with Crippen molar-refractivity contribution in [1.82, 2.24) is 9.55 Å². The molecule has 0 saturated carbocycles. The Balaban J connectivity index is 1.65. The maximum atomic E-state index is 13.6. The second kappa shape index (κ2) is 14.5. The van der Waals surface area contributed by atoms with E-state index in [1.807, 2.05) is 30.3 Å². The van der Waals surface area contributed by atoms with Crippen LogP contribution in [0.25, 0.3) is 11.3 Å². The summed E-state index contributed by atoms with van der Waals surface area (Å²) in [5.41, 5.74) is 8.39. The van der Waals surface area contributed by atoms with Crippen LogP contribution in [0.15, 0.2) is 101 Å². The molecule has 1 unspecified atom stereocenters. The number of nitrogens with zero attached hydrogens (tertiary/aromatic N) is 3. The fourth-order valence-electron chi connectivity index (χ4n) is 4.40. The molecule has 0 fully saturated rings. The number of esters is 1. The van der Waals surface area contributed by atoms with Gasteiger partial charge in [0.2, 0.25) is 5.91 Å². The maximum Gasteiger partial charge on any atom is 0.310 e. The van der Waals surface area contributed by atoms with E-state index in [1.165, 1.54) is 28.2 Å². The third-order valence-corrected chi connectivity index (χ3v) is 6.73. The first kappa shape index (κ1) is 31.3. The Morgan fingerprint density at radius 2 is 1.79 bits per heavy atom. The molecule has 43 heavy (non-hydrogen) atoms. The van der Waals surface area contributed by atoms with Crippen molar-refractivity contribution in [2.75, 3.05) is 16.9 Å². The number of carbonyl (C=O) groups excluding carboxylic acids is 2. The fraction of sp³-hybridized carbons (Fsp3) is 0.161. The lowest BCUT2D eigenvalue weighted by Crippen LogP contribution is -2.34. The number of aromatic nitrogens is 2. The van der Waals surface area contributed by atoms with Gasteiger partial charge in [-0.25, -0.2) is 10.8 Å². The van der Waals surface area contributed by atoms with E-state index in [0.29, 0.717) is 28.6 Å². The van der Waals surface area contributed by atoms with Crippen molar-refractivity contribution < 1.29 is 14.3 Å². The number of hydrogen-bond acceptors (Lipinski definition) is 8. The number of anilines is 2. The van der Waals surface area contributed by atoms with Gasteiger partial charge in [0.05, 0.1) is 36.9 Å². The topological polar surface area (TPSA) is 146 Å². The molecule has 1 atom stereocenters. The number of nitrogens with one attached hydrogen (secondary N) is 1. The molecule has 12 heteroatoms. The summed E-state index contributed by atoms with van der Waals surface area (Å²) in [6.45, 7) is 2.05. The minimum Gasteiger partial charge on any atom is -0.466 e. The molecule has 4 aromatic rings. The molecule has 0 aliphatic rings. The summed E-state index contributed by atoms with van der Waals surface area (Å²) in [4.78, 5) is 43.4. The quantitative estimate of drug-likeness (QED) is 0.0940. The van der Waals surface area contributed by atoms with Crippen LogP contribution in [0, 0.1) is 0 Å². The lowest BCUT2D eigenvalue weighted by atomic mass is 10.0. The molecule has 0 aliphatic carbocycles. The summed E-state index contributed by atoms with van der Waals surface area (Å²) < 4.78 is 6.27. The van der Waals surface area contributed by atoms with Gasteiger partial charge in [0, 0.05) is 28.8 Å². The predicted molar refractivity (Wildman–Crippen MR) is 168 cm³/mol. The molecule has 0 aliphatic heterocycles. The van der Waals surface area contributed by atoms with Crippen molar-refractivity contribution in [2.45, 2.75) is 25.8 Å². The number of rotatable bonds is 11. The van der Waals surface area contributed by atoms with Crippen LogP contribution in [-0.2, 0) is 27.2 Å². The van der Waals surface area contributed by atoms with Crippen molar-refractivity contribution in [3.8, 4) is 11.3 Å². The highest BCUT2D eigenvalue weighted by atomic mass is 35.5. The average molecular weight is 622 g/mol. The number of ether oxygens (including phenoxy) is 1. The Morgan fingerprint density at radius 3 is 2.44 bits per heavy atom. The number of hydrogen-bond donors (Lipinski definition) is 3. The molecule has 1 amide bonds. The first-order valence-corrected chi connectivity index (χ1v) is 14.0. The molecule has 3 aromatic carbocycles. The molecule has 0 radical (unpaired) electrons. The highest BCUT2D eigenvalue weighted by Crippen LogP contribution is 2.31.